The van der Waals surface area contributed by atoms with Crippen LogP contribution >= 0.6 is 11.3 Å². The zero-order valence-corrected chi connectivity index (χ0v) is 39.5. The highest BCUT2D eigenvalue weighted by Crippen LogP contribution is 2.58. The molecule has 69 heavy (non-hydrogen) atoms. The number of thiophene rings is 1. The van der Waals surface area contributed by atoms with Crippen molar-refractivity contribution in [2.24, 2.45) is 0 Å². The highest BCUT2D eigenvalue weighted by atomic mass is 32.1. The third-order valence-corrected chi connectivity index (χ3v) is 16.2. The van der Waals surface area contributed by atoms with Gasteiger partial charge in [0.2, 0.25) is 5.95 Å². The highest BCUT2D eigenvalue weighted by molar-refractivity contribution is 7.25. The number of para-hydroxylation sites is 3. The van der Waals surface area contributed by atoms with Gasteiger partial charge in [-0.25, -0.2) is 4.98 Å². The van der Waals surface area contributed by atoms with Gasteiger partial charge in [0, 0.05) is 64.2 Å². The zero-order chi connectivity index (χ0) is 46.2. The van der Waals surface area contributed by atoms with Crippen LogP contribution in [-0.4, -0.2) is 19.5 Å². The summed E-state index contributed by atoms with van der Waals surface area (Å²) in [7, 11) is 0. The van der Waals surface area contributed by atoms with Crippen molar-refractivity contribution < 1.29 is 0 Å². The van der Waals surface area contributed by atoms with Crippen molar-refractivity contribution in [2.45, 2.75) is 38.5 Å². The Morgan fingerprint density at radius 2 is 1.04 bits per heavy atom. The van der Waals surface area contributed by atoms with Crippen LogP contribution in [0.5, 0.6) is 0 Å². The van der Waals surface area contributed by atoms with Crippen molar-refractivity contribution in [1.82, 2.24) is 19.5 Å². The molecule has 6 heteroatoms. The minimum atomic E-state index is -0.332. The number of hydrogen-bond donors (Lipinski definition) is 0. The predicted octanol–water partition coefficient (Wildman–Crippen LogP) is 16.8. The average Bonchev–Trinajstić information content (AvgIpc) is 4.08. The van der Waals surface area contributed by atoms with E-state index in [-0.39, 0.29) is 10.8 Å². The summed E-state index contributed by atoms with van der Waals surface area (Å²) in [6, 6.07) is 72.6. The van der Waals surface area contributed by atoms with Crippen molar-refractivity contribution in [3.05, 3.63) is 222 Å². The fourth-order valence-corrected chi connectivity index (χ4v) is 13.0. The van der Waals surface area contributed by atoms with Crippen molar-refractivity contribution in [2.75, 3.05) is 4.90 Å². The van der Waals surface area contributed by atoms with Gasteiger partial charge in [-0.3, -0.25) is 4.90 Å². The highest BCUT2D eigenvalue weighted by Gasteiger charge is 2.42. The monoisotopic (exact) mass is 903 g/mol. The fourth-order valence-electron chi connectivity index (χ4n) is 11.9. The van der Waals surface area contributed by atoms with Gasteiger partial charge in [-0.15, -0.1) is 11.3 Å². The van der Waals surface area contributed by atoms with Crippen LogP contribution in [-0.2, 0) is 10.8 Å². The summed E-state index contributed by atoms with van der Waals surface area (Å²) in [6.07, 6.45) is 0. The van der Waals surface area contributed by atoms with Gasteiger partial charge >= 0.3 is 0 Å². The van der Waals surface area contributed by atoms with Crippen molar-refractivity contribution in [1.29, 1.82) is 0 Å². The van der Waals surface area contributed by atoms with E-state index in [0.29, 0.717) is 17.6 Å². The molecule has 0 bridgehead atoms. The second-order valence-electron chi connectivity index (χ2n) is 19.6. The molecular formula is C63H45N5S. The van der Waals surface area contributed by atoms with E-state index in [0.717, 1.165) is 44.6 Å². The number of rotatable bonds is 6. The summed E-state index contributed by atoms with van der Waals surface area (Å²) in [4.78, 5) is 19.4. The largest absolute Gasteiger partial charge is 0.309 e. The number of nitrogens with zero attached hydrogens (tertiary/aromatic N) is 5. The number of hydrogen-bond acceptors (Lipinski definition) is 5. The average molecular weight is 904 g/mol. The molecule has 0 N–H and O–H groups in total. The number of anilines is 3. The van der Waals surface area contributed by atoms with E-state index in [1.54, 1.807) is 0 Å². The smallest absolute Gasteiger partial charge is 0.238 e. The lowest BCUT2D eigenvalue weighted by Gasteiger charge is -2.32. The molecule has 0 spiro atoms. The van der Waals surface area contributed by atoms with Crippen molar-refractivity contribution >= 4 is 70.6 Å². The van der Waals surface area contributed by atoms with E-state index in [1.807, 2.05) is 11.3 Å². The van der Waals surface area contributed by atoms with Crippen LogP contribution in [0.4, 0.5) is 17.3 Å². The summed E-state index contributed by atoms with van der Waals surface area (Å²) in [5.41, 5.74) is 16.7. The minimum absolute atomic E-state index is 0.226. The Labute approximate surface area is 404 Å². The molecule has 2 aliphatic carbocycles. The van der Waals surface area contributed by atoms with Gasteiger partial charge in [-0.05, 0) is 99.6 Å². The Morgan fingerprint density at radius 1 is 0.435 bits per heavy atom. The first-order valence-electron chi connectivity index (χ1n) is 23.8. The molecule has 0 saturated heterocycles. The molecule has 9 aromatic carbocycles. The number of fused-ring (bicyclic) bond motifs is 12. The van der Waals surface area contributed by atoms with Gasteiger partial charge < -0.3 is 4.57 Å². The van der Waals surface area contributed by atoms with Crippen LogP contribution in [0.3, 0.4) is 0 Å². The maximum atomic E-state index is 5.77. The Kier molecular flexibility index (Phi) is 8.48. The quantitative estimate of drug-likeness (QED) is 0.167. The topological polar surface area (TPSA) is 46.8 Å². The lowest BCUT2D eigenvalue weighted by atomic mass is 9.81. The van der Waals surface area contributed by atoms with Crippen LogP contribution in [0.25, 0.3) is 92.7 Å². The summed E-state index contributed by atoms with van der Waals surface area (Å²) >= 11 is 1.82. The lowest BCUT2D eigenvalue weighted by molar-refractivity contribution is 0.659. The Bertz CT molecular complexity index is 4100. The molecular weight excluding hydrogens is 859 g/mol. The predicted molar refractivity (Wildman–Crippen MR) is 288 cm³/mol. The molecule has 0 amide bonds. The maximum Gasteiger partial charge on any atom is 0.238 e. The summed E-state index contributed by atoms with van der Waals surface area (Å²) in [6.45, 7) is 9.42. The van der Waals surface area contributed by atoms with Crippen LogP contribution in [0.15, 0.2) is 200 Å². The molecule has 5 nitrogen and oxygen atoms in total. The van der Waals surface area contributed by atoms with Crippen LogP contribution in [0.2, 0.25) is 0 Å². The second kappa shape index (κ2) is 14.7. The molecule has 3 heterocycles. The first-order valence-corrected chi connectivity index (χ1v) is 24.6. The first-order chi connectivity index (χ1) is 33.8. The van der Waals surface area contributed by atoms with E-state index in [4.69, 9.17) is 15.0 Å². The van der Waals surface area contributed by atoms with E-state index in [9.17, 15) is 0 Å². The SMILES string of the molecule is CC1(C)c2ccccc2-c2c(N(c3nc(-c4ccc5sc6ccccc6c5c4)nc(-c4cccc5c6ccccc6n(-c6ccccc6)c45)n3)c3cccc4c3C(C)(C)c3ccccc3-4)cccc21. The first kappa shape index (κ1) is 39.9. The van der Waals surface area contributed by atoms with Gasteiger partial charge in [0.05, 0.1) is 22.4 Å². The molecule has 12 aromatic rings. The number of aromatic nitrogens is 4. The summed E-state index contributed by atoms with van der Waals surface area (Å²) in [5, 5.41) is 4.74. The van der Waals surface area contributed by atoms with Crippen molar-refractivity contribution in [3.8, 4) is 50.7 Å². The molecule has 0 atom stereocenters. The Balaban J connectivity index is 1.11. The Hall–Kier alpha value is -8.19. The normalized spacial score (nSPS) is 14.0. The molecule has 0 fully saturated rings. The standard InChI is InChI=1S/C63H45N5S/c1-62(2)49-29-13-9-24-45(49)56-50(62)30-18-32-52(56)68(53-33-17-25-43-40-21-8-12-28-48(40)63(3,4)57(43)53)61-65-59(38-35-36-55-47(37-38)42-23-11-15-34-54(42)69-55)64-60(66-61)46-27-16-26-44-41-22-10-14-31-51(41)67(58(44)46)39-19-6-5-7-20-39/h5-37H,1-4H3. The maximum absolute atomic E-state index is 5.77. The Morgan fingerprint density at radius 3 is 1.90 bits per heavy atom. The molecule has 0 aliphatic heterocycles. The second-order valence-corrected chi connectivity index (χ2v) is 20.6. The van der Waals surface area contributed by atoms with E-state index < -0.39 is 0 Å². The lowest BCUT2D eigenvalue weighted by Crippen LogP contribution is -2.23. The van der Waals surface area contributed by atoms with Crippen LogP contribution in [0, 0.1) is 0 Å². The van der Waals surface area contributed by atoms with E-state index in [2.05, 4.69) is 237 Å². The van der Waals surface area contributed by atoms with Gasteiger partial charge in [0.15, 0.2) is 11.6 Å². The third kappa shape index (κ3) is 5.73. The molecule has 328 valence electrons. The van der Waals surface area contributed by atoms with E-state index in [1.165, 1.54) is 70.1 Å². The summed E-state index contributed by atoms with van der Waals surface area (Å²) < 4.78 is 4.86. The molecule has 14 rings (SSSR count). The van der Waals surface area contributed by atoms with Gasteiger partial charge in [0.25, 0.3) is 0 Å². The molecule has 2 aliphatic rings. The van der Waals surface area contributed by atoms with Crippen molar-refractivity contribution in [3.63, 3.8) is 0 Å². The van der Waals surface area contributed by atoms with Gasteiger partial charge in [-0.1, -0.05) is 167 Å². The third-order valence-electron chi connectivity index (χ3n) is 15.0. The minimum Gasteiger partial charge on any atom is -0.309 e. The van der Waals surface area contributed by atoms with Crippen LogP contribution < -0.4 is 4.90 Å². The molecule has 0 unspecified atom stereocenters. The van der Waals surface area contributed by atoms with Crippen LogP contribution in [0.1, 0.15) is 49.9 Å². The fraction of sp³-hybridized carbons (Fsp3) is 0.0952. The molecule has 3 aromatic heterocycles. The molecule has 0 radical (unpaired) electrons. The zero-order valence-electron chi connectivity index (χ0n) is 38.7. The van der Waals surface area contributed by atoms with Gasteiger partial charge in [0.1, 0.15) is 0 Å². The van der Waals surface area contributed by atoms with Gasteiger partial charge in [-0.2, -0.15) is 9.97 Å². The summed E-state index contributed by atoms with van der Waals surface area (Å²) in [5.74, 6) is 1.77. The van der Waals surface area contributed by atoms with E-state index >= 15 is 0 Å². The molecule has 0 saturated carbocycles. The number of benzene rings is 9.